The van der Waals surface area contributed by atoms with Crippen molar-refractivity contribution in [2.24, 2.45) is 0 Å². The number of ether oxygens (including phenoxy) is 1. The molecule has 0 fully saturated rings. The van der Waals surface area contributed by atoms with Crippen molar-refractivity contribution in [1.82, 2.24) is 15.0 Å². The Morgan fingerprint density at radius 2 is 1.88 bits per heavy atom. The van der Waals surface area contributed by atoms with Gasteiger partial charge in [0.2, 0.25) is 11.6 Å². The molecule has 1 aromatic heterocycles. The third-order valence-corrected chi connectivity index (χ3v) is 3.78. The van der Waals surface area contributed by atoms with Crippen LogP contribution >= 0.6 is 11.6 Å². The number of amides is 1. The van der Waals surface area contributed by atoms with Crippen molar-refractivity contribution in [3.05, 3.63) is 70.9 Å². The number of hydrogen-bond acceptors (Lipinski definition) is 4. The van der Waals surface area contributed by atoms with E-state index in [2.05, 4.69) is 15.6 Å². The monoisotopic (exact) mass is 342 g/mol. The van der Waals surface area contributed by atoms with Crippen molar-refractivity contribution in [2.75, 3.05) is 12.4 Å². The third-order valence-electron chi connectivity index (χ3n) is 3.41. The van der Waals surface area contributed by atoms with Crippen LogP contribution in [0.5, 0.6) is 5.88 Å². The van der Waals surface area contributed by atoms with Crippen LogP contribution in [0.2, 0.25) is 5.02 Å². The maximum absolute atomic E-state index is 12.4. The van der Waals surface area contributed by atoms with Crippen LogP contribution in [0.1, 0.15) is 16.1 Å². The summed E-state index contributed by atoms with van der Waals surface area (Å²) in [5.74, 6) is -0.105. The fraction of sp³-hybridized carbons (Fsp3) is 0.118. The van der Waals surface area contributed by atoms with Gasteiger partial charge in [-0.2, -0.15) is 0 Å². The first-order valence-electron chi connectivity index (χ1n) is 7.26. The normalized spacial score (nSPS) is 10.4. The van der Waals surface area contributed by atoms with Crippen molar-refractivity contribution in [2.45, 2.75) is 6.54 Å². The van der Waals surface area contributed by atoms with Gasteiger partial charge in [0.1, 0.15) is 0 Å². The Morgan fingerprint density at radius 1 is 1.17 bits per heavy atom. The van der Waals surface area contributed by atoms with E-state index >= 15 is 0 Å². The molecule has 24 heavy (non-hydrogen) atoms. The van der Waals surface area contributed by atoms with Gasteiger partial charge in [0.25, 0.3) is 5.91 Å². The van der Waals surface area contributed by atoms with Gasteiger partial charge < -0.3 is 10.1 Å². The van der Waals surface area contributed by atoms with Gasteiger partial charge in [-0.3, -0.25) is 4.79 Å². The average Bonchev–Trinajstić information content (AvgIpc) is 3.00. The lowest BCUT2D eigenvalue weighted by atomic mass is 10.2. The summed E-state index contributed by atoms with van der Waals surface area (Å²) in [7, 11) is 1.47. The number of methoxy groups -OCH3 is 1. The lowest BCUT2D eigenvalue weighted by molar-refractivity contribution is 0.101. The molecule has 0 atom stereocenters. The van der Waals surface area contributed by atoms with Crippen molar-refractivity contribution in [3.63, 3.8) is 0 Å². The Labute approximate surface area is 144 Å². The van der Waals surface area contributed by atoms with Gasteiger partial charge in [-0.05, 0) is 23.8 Å². The van der Waals surface area contributed by atoms with E-state index in [0.29, 0.717) is 17.3 Å². The summed E-state index contributed by atoms with van der Waals surface area (Å²) in [4.78, 5) is 12.4. The molecular weight excluding hydrogens is 328 g/mol. The number of anilines is 1. The molecular formula is C17H15ClN4O2. The topological polar surface area (TPSA) is 69.0 Å². The smallest absolute Gasteiger partial charge is 0.281 e. The summed E-state index contributed by atoms with van der Waals surface area (Å²) < 4.78 is 6.82. The molecule has 122 valence electrons. The number of halogens is 1. The van der Waals surface area contributed by atoms with E-state index in [1.54, 1.807) is 18.2 Å². The molecule has 2 aromatic carbocycles. The van der Waals surface area contributed by atoms with Crippen molar-refractivity contribution >= 4 is 23.2 Å². The Kier molecular flexibility index (Phi) is 4.77. The number of carbonyl (C=O) groups is 1. The first-order chi connectivity index (χ1) is 11.7. The second kappa shape index (κ2) is 7.14. The van der Waals surface area contributed by atoms with E-state index in [1.165, 1.54) is 11.8 Å². The van der Waals surface area contributed by atoms with Crippen LogP contribution in [0.25, 0.3) is 0 Å². The molecule has 7 heteroatoms. The van der Waals surface area contributed by atoms with Crippen LogP contribution in [-0.2, 0) is 6.54 Å². The molecule has 0 radical (unpaired) electrons. The fourth-order valence-electron chi connectivity index (χ4n) is 2.25. The Bertz CT molecular complexity index is 849. The molecule has 0 unspecified atom stereocenters. The minimum Gasteiger partial charge on any atom is -0.479 e. The van der Waals surface area contributed by atoms with Crippen LogP contribution in [0.15, 0.2) is 54.6 Å². The number of hydrogen-bond donors (Lipinski definition) is 1. The summed E-state index contributed by atoms with van der Waals surface area (Å²) in [6.07, 6.45) is 0. The highest BCUT2D eigenvalue weighted by molar-refractivity contribution is 6.31. The highest BCUT2D eigenvalue weighted by Crippen LogP contribution is 2.21. The predicted octanol–water partition coefficient (Wildman–Crippen LogP) is 3.24. The molecule has 0 aliphatic rings. The van der Waals surface area contributed by atoms with Gasteiger partial charge in [0, 0.05) is 10.7 Å². The molecule has 0 aliphatic heterocycles. The first kappa shape index (κ1) is 16.0. The molecule has 0 saturated heterocycles. The van der Waals surface area contributed by atoms with Gasteiger partial charge in [0.05, 0.1) is 13.7 Å². The lowest BCUT2D eigenvalue weighted by Gasteiger charge is -2.08. The molecule has 0 saturated carbocycles. The third kappa shape index (κ3) is 3.38. The predicted molar refractivity (Wildman–Crippen MR) is 91.5 cm³/mol. The van der Waals surface area contributed by atoms with E-state index in [9.17, 15) is 4.79 Å². The second-order valence-corrected chi connectivity index (χ2v) is 5.42. The standard InChI is InChI=1S/C17H15ClN4O2/c1-24-17-15(16(23)19-13-8-3-2-4-9-13)20-21-22(17)11-12-7-5-6-10-14(12)18/h2-10H,11H2,1H3,(H,19,23). The summed E-state index contributed by atoms with van der Waals surface area (Å²) in [6, 6.07) is 16.5. The number of para-hydroxylation sites is 1. The molecule has 1 N–H and O–H groups in total. The highest BCUT2D eigenvalue weighted by atomic mass is 35.5. The van der Waals surface area contributed by atoms with Crippen LogP contribution in [0.3, 0.4) is 0 Å². The summed E-state index contributed by atoms with van der Waals surface area (Å²) >= 11 is 6.16. The van der Waals surface area contributed by atoms with Crippen LogP contribution in [0, 0.1) is 0 Å². The van der Waals surface area contributed by atoms with Gasteiger partial charge in [-0.15, -0.1) is 5.10 Å². The van der Waals surface area contributed by atoms with Gasteiger partial charge >= 0.3 is 0 Å². The Morgan fingerprint density at radius 3 is 2.58 bits per heavy atom. The molecule has 3 rings (SSSR count). The molecule has 1 amide bonds. The maximum atomic E-state index is 12.4. The minimum absolute atomic E-state index is 0.119. The van der Waals surface area contributed by atoms with Crippen molar-refractivity contribution < 1.29 is 9.53 Å². The summed E-state index contributed by atoms with van der Waals surface area (Å²) in [5.41, 5.74) is 1.65. The van der Waals surface area contributed by atoms with Crippen molar-refractivity contribution in [3.8, 4) is 5.88 Å². The van der Waals surface area contributed by atoms with E-state index in [4.69, 9.17) is 16.3 Å². The van der Waals surface area contributed by atoms with E-state index in [0.717, 1.165) is 5.56 Å². The largest absolute Gasteiger partial charge is 0.479 e. The zero-order valence-corrected chi connectivity index (χ0v) is 13.7. The number of rotatable bonds is 5. The zero-order chi connectivity index (χ0) is 16.9. The first-order valence-corrected chi connectivity index (χ1v) is 7.64. The summed E-state index contributed by atoms with van der Waals surface area (Å²) in [6.45, 7) is 0.356. The number of nitrogens with zero attached hydrogens (tertiary/aromatic N) is 3. The van der Waals surface area contributed by atoms with Gasteiger partial charge in [0.15, 0.2) is 0 Å². The number of nitrogens with one attached hydrogen (secondary N) is 1. The van der Waals surface area contributed by atoms with Gasteiger partial charge in [-0.1, -0.05) is 53.2 Å². The minimum atomic E-state index is -0.386. The van der Waals surface area contributed by atoms with Crippen LogP contribution in [-0.4, -0.2) is 28.0 Å². The Hall–Kier alpha value is -2.86. The maximum Gasteiger partial charge on any atom is 0.281 e. The molecule has 0 spiro atoms. The quantitative estimate of drug-likeness (QED) is 0.772. The molecule has 0 aliphatic carbocycles. The molecule has 0 bridgehead atoms. The zero-order valence-electron chi connectivity index (χ0n) is 12.9. The number of benzene rings is 2. The second-order valence-electron chi connectivity index (χ2n) is 5.02. The van der Waals surface area contributed by atoms with E-state index in [-0.39, 0.29) is 17.5 Å². The van der Waals surface area contributed by atoms with Crippen LogP contribution in [0.4, 0.5) is 5.69 Å². The van der Waals surface area contributed by atoms with E-state index in [1.807, 2.05) is 36.4 Å². The Balaban J connectivity index is 1.84. The van der Waals surface area contributed by atoms with Gasteiger partial charge in [-0.25, -0.2) is 4.68 Å². The van der Waals surface area contributed by atoms with Crippen LogP contribution < -0.4 is 10.1 Å². The number of aromatic nitrogens is 3. The fourth-order valence-corrected chi connectivity index (χ4v) is 2.45. The summed E-state index contributed by atoms with van der Waals surface area (Å²) in [5, 5.41) is 11.3. The average molecular weight is 343 g/mol. The highest BCUT2D eigenvalue weighted by Gasteiger charge is 2.21. The SMILES string of the molecule is COc1c(C(=O)Nc2ccccc2)nnn1Cc1ccccc1Cl. The number of carbonyl (C=O) groups excluding carboxylic acids is 1. The van der Waals surface area contributed by atoms with E-state index < -0.39 is 0 Å². The molecule has 6 nitrogen and oxygen atoms in total. The lowest BCUT2D eigenvalue weighted by Crippen LogP contribution is -2.14. The molecule has 1 heterocycles. The molecule has 3 aromatic rings. The van der Waals surface area contributed by atoms with Crippen molar-refractivity contribution in [1.29, 1.82) is 0 Å².